The first kappa shape index (κ1) is 18.5. The third-order valence-corrected chi connectivity index (χ3v) is 4.72. The van der Waals surface area contributed by atoms with Gasteiger partial charge in [-0.05, 0) is 38.0 Å². The van der Waals surface area contributed by atoms with E-state index in [1.807, 2.05) is 0 Å². The first-order valence-corrected chi connectivity index (χ1v) is 8.45. The molecule has 0 spiro atoms. The number of carbonyl (C=O) groups is 1. The summed E-state index contributed by atoms with van der Waals surface area (Å²) in [5.74, 6) is 0.286. The summed E-state index contributed by atoms with van der Waals surface area (Å²) in [4.78, 5) is 14.0. The number of methoxy groups -OCH3 is 1. The largest absolute Gasteiger partial charge is 0.496 e. The molecule has 134 valence electrons. The van der Waals surface area contributed by atoms with Crippen LogP contribution in [0.25, 0.3) is 0 Å². The van der Waals surface area contributed by atoms with Crippen LogP contribution in [0.4, 0.5) is 9.18 Å². The van der Waals surface area contributed by atoms with Crippen molar-refractivity contribution in [2.24, 2.45) is 5.92 Å². The Labute approximate surface area is 142 Å². The molecule has 0 bridgehead atoms. The van der Waals surface area contributed by atoms with Crippen LogP contribution in [0, 0.1) is 11.7 Å². The van der Waals surface area contributed by atoms with E-state index in [1.165, 1.54) is 19.2 Å². The first-order valence-electron chi connectivity index (χ1n) is 8.45. The van der Waals surface area contributed by atoms with Crippen molar-refractivity contribution in [3.63, 3.8) is 0 Å². The van der Waals surface area contributed by atoms with E-state index in [0.717, 1.165) is 25.7 Å². The lowest BCUT2D eigenvalue weighted by Gasteiger charge is -2.31. The van der Waals surface area contributed by atoms with Crippen LogP contribution < -0.4 is 10.1 Å². The van der Waals surface area contributed by atoms with Gasteiger partial charge in [0.1, 0.15) is 11.6 Å². The summed E-state index contributed by atoms with van der Waals surface area (Å²) < 4.78 is 18.7. The Morgan fingerprint density at radius 1 is 1.46 bits per heavy atom. The number of carbonyl (C=O) groups excluding carboxylic acids is 1. The lowest BCUT2D eigenvalue weighted by molar-refractivity contribution is 0.0563. The maximum Gasteiger partial charge on any atom is 0.317 e. The van der Waals surface area contributed by atoms with Gasteiger partial charge in [0.15, 0.2) is 0 Å². The molecule has 0 aromatic heterocycles. The smallest absolute Gasteiger partial charge is 0.317 e. The number of aliphatic hydroxyl groups excluding tert-OH is 1. The van der Waals surface area contributed by atoms with Gasteiger partial charge in [-0.1, -0.05) is 12.8 Å². The molecule has 0 unspecified atom stereocenters. The van der Waals surface area contributed by atoms with Crippen molar-refractivity contribution in [1.29, 1.82) is 0 Å². The summed E-state index contributed by atoms with van der Waals surface area (Å²) in [7, 11) is 3.23. The van der Waals surface area contributed by atoms with Crippen molar-refractivity contribution in [2.45, 2.75) is 44.8 Å². The second-order valence-electron chi connectivity index (χ2n) is 6.55. The van der Waals surface area contributed by atoms with E-state index in [9.17, 15) is 14.3 Å². The fourth-order valence-electron chi connectivity index (χ4n) is 3.25. The van der Waals surface area contributed by atoms with E-state index in [0.29, 0.717) is 17.9 Å². The minimum absolute atomic E-state index is 0.119. The number of rotatable bonds is 5. The Bertz CT molecular complexity index is 567. The lowest BCUT2D eigenvalue weighted by Crippen LogP contribution is -2.43. The molecule has 2 rings (SSSR count). The molecule has 0 aliphatic heterocycles. The molecule has 1 aliphatic rings. The van der Waals surface area contributed by atoms with Gasteiger partial charge >= 0.3 is 6.03 Å². The van der Waals surface area contributed by atoms with Crippen LogP contribution in [0.3, 0.4) is 0 Å². The third kappa shape index (κ3) is 4.60. The molecule has 1 aromatic rings. The maximum absolute atomic E-state index is 13.5. The number of benzene rings is 1. The highest BCUT2D eigenvalue weighted by molar-refractivity contribution is 5.74. The number of urea groups is 1. The van der Waals surface area contributed by atoms with Gasteiger partial charge in [0, 0.05) is 25.1 Å². The standard InChI is InChI=1S/C18H27FN2O3/c1-12(15-10-14(19)8-9-17(15)24-3)20-18(23)21(2)11-13-6-4-5-7-16(13)22/h8-10,12-13,16,22H,4-7,11H2,1-3H3,(H,20,23)/t12-,13-,16+/m0/s1. The summed E-state index contributed by atoms with van der Waals surface area (Å²) in [6, 6.07) is 3.62. The van der Waals surface area contributed by atoms with Crippen molar-refractivity contribution >= 4 is 6.03 Å². The maximum atomic E-state index is 13.5. The quantitative estimate of drug-likeness (QED) is 0.867. The molecule has 24 heavy (non-hydrogen) atoms. The van der Waals surface area contributed by atoms with E-state index in [2.05, 4.69) is 5.32 Å². The van der Waals surface area contributed by atoms with Crippen molar-refractivity contribution < 1.29 is 19.0 Å². The highest BCUT2D eigenvalue weighted by Gasteiger charge is 2.26. The van der Waals surface area contributed by atoms with Gasteiger partial charge in [-0.25, -0.2) is 9.18 Å². The van der Waals surface area contributed by atoms with E-state index in [1.54, 1.807) is 24.9 Å². The monoisotopic (exact) mass is 338 g/mol. The van der Waals surface area contributed by atoms with Gasteiger partial charge in [-0.3, -0.25) is 0 Å². The highest BCUT2D eigenvalue weighted by atomic mass is 19.1. The Balaban J connectivity index is 1.96. The molecule has 1 aliphatic carbocycles. The van der Waals surface area contributed by atoms with Gasteiger partial charge < -0.3 is 20.1 Å². The Morgan fingerprint density at radius 3 is 2.83 bits per heavy atom. The van der Waals surface area contributed by atoms with Crippen molar-refractivity contribution in [3.8, 4) is 5.75 Å². The fraction of sp³-hybridized carbons (Fsp3) is 0.611. The highest BCUT2D eigenvalue weighted by Crippen LogP contribution is 2.27. The van der Waals surface area contributed by atoms with Crippen LogP contribution in [-0.2, 0) is 0 Å². The molecule has 3 atom stereocenters. The van der Waals surface area contributed by atoms with E-state index < -0.39 is 0 Å². The molecule has 0 radical (unpaired) electrons. The predicted molar refractivity (Wildman–Crippen MR) is 90.5 cm³/mol. The molecule has 1 aromatic carbocycles. The molecule has 2 amide bonds. The molecule has 0 heterocycles. The van der Waals surface area contributed by atoms with E-state index in [-0.39, 0.29) is 29.9 Å². The minimum Gasteiger partial charge on any atom is -0.496 e. The number of halogens is 1. The molecule has 1 fully saturated rings. The second-order valence-corrected chi connectivity index (χ2v) is 6.55. The SMILES string of the molecule is COc1ccc(F)cc1[C@H](C)NC(=O)N(C)C[C@@H]1CCCC[C@H]1O. The van der Waals surface area contributed by atoms with Crippen molar-refractivity contribution in [3.05, 3.63) is 29.6 Å². The molecular weight excluding hydrogens is 311 g/mol. The summed E-state index contributed by atoms with van der Waals surface area (Å²) in [6.45, 7) is 2.30. The first-order chi connectivity index (χ1) is 11.4. The van der Waals surface area contributed by atoms with E-state index >= 15 is 0 Å². The summed E-state index contributed by atoms with van der Waals surface area (Å²) in [5.41, 5.74) is 0.594. The number of nitrogens with zero attached hydrogens (tertiary/aromatic N) is 1. The van der Waals surface area contributed by atoms with Crippen LogP contribution in [0.2, 0.25) is 0 Å². The van der Waals surface area contributed by atoms with E-state index in [4.69, 9.17) is 4.74 Å². The molecule has 5 nitrogen and oxygen atoms in total. The van der Waals surface area contributed by atoms with Gasteiger partial charge in [0.05, 0.1) is 19.3 Å². The molecule has 2 N–H and O–H groups in total. The zero-order chi connectivity index (χ0) is 17.7. The Kier molecular flexibility index (Phi) is 6.43. The number of nitrogens with one attached hydrogen (secondary N) is 1. The summed E-state index contributed by atoms with van der Waals surface area (Å²) in [5, 5.41) is 12.9. The Hall–Kier alpha value is -1.82. The van der Waals surface area contributed by atoms with Crippen molar-refractivity contribution in [1.82, 2.24) is 10.2 Å². The number of hydrogen-bond acceptors (Lipinski definition) is 3. The predicted octanol–water partition coefficient (Wildman–Crippen LogP) is 3.09. The summed E-state index contributed by atoms with van der Waals surface area (Å²) >= 11 is 0. The normalized spacial score (nSPS) is 21.9. The average molecular weight is 338 g/mol. The zero-order valence-corrected chi connectivity index (χ0v) is 14.6. The number of hydrogen-bond donors (Lipinski definition) is 2. The second kappa shape index (κ2) is 8.33. The van der Waals surface area contributed by atoms with Gasteiger partial charge in [0.2, 0.25) is 0 Å². The third-order valence-electron chi connectivity index (χ3n) is 4.72. The fourth-order valence-corrected chi connectivity index (χ4v) is 3.25. The van der Waals surface area contributed by atoms with Gasteiger partial charge in [0.25, 0.3) is 0 Å². The van der Waals surface area contributed by atoms with Gasteiger partial charge in [-0.2, -0.15) is 0 Å². The minimum atomic E-state index is -0.387. The molecular formula is C18H27FN2O3. The number of ether oxygens (including phenoxy) is 1. The molecule has 6 heteroatoms. The van der Waals surface area contributed by atoms with Crippen LogP contribution >= 0.6 is 0 Å². The zero-order valence-electron chi connectivity index (χ0n) is 14.6. The number of aliphatic hydroxyl groups is 1. The van der Waals surface area contributed by atoms with Crippen LogP contribution in [-0.4, -0.2) is 42.8 Å². The Morgan fingerprint density at radius 2 is 2.17 bits per heavy atom. The lowest BCUT2D eigenvalue weighted by atomic mass is 9.86. The average Bonchev–Trinajstić information content (AvgIpc) is 2.56. The van der Waals surface area contributed by atoms with Gasteiger partial charge in [-0.15, -0.1) is 0 Å². The molecule has 0 saturated heterocycles. The molecule has 1 saturated carbocycles. The van der Waals surface area contributed by atoms with Crippen LogP contribution in [0.5, 0.6) is 5.75 Å². The number of amides is 2. The topological polar surface area (TPSA) is 61.8 Å². The van der Waals surface area contributed by atoms with Crippen LogP contribution in [0.1, 0.15) is 44.2 Å². The van der Waals surface area contributed by atoms with Crippen molar-refractivity contribution in [2.75, 3.05) is 20.7 Å². The van der Waals surface area contributed by atoms with Crippen LogP contribution in [0.15, 0.2) is 18.2 Å². The summed E-state index contributed by atoms with van der Waals surface area (Å²) in [6.07, 6.45) is 3.54.